The van der Waals surface area contributed by atoms with Crippen molar-refractivity contribution in [3.05, 3.63) is 43.9 Å². The second-order valence-electron chi connectivity index (χ2n) is 2.71. The van der Waals surface area contributed by atoms with Gasteiger partial charge in [0.05, 0.1) is 9.96 Å². The van der Waals surface area contributed by atoms with E-state index in [1.165, 1.54) is 23.7 Å². The summed E-state index contributed by atoms with van der Waals surface area (Å²) >= 11 is 16.6. The van der Waals surface area contributed by atoms with Crippen LogP contribution in [0.5, 0.6) is 5.75 Å². The highest BCUT2D eigenvalue weighted by Crippen LogP contribution is 2.28. The molecule has 0 spiro atoms. The largest absolute Gasteiger partial charge is 0.488 e. The van der Waals surface area contributed by atoms with Gasteiger partial charge in [-0.3, -0.25) is 10.1 Å². The molecule has 0 radical (unpaired) electrons. The first kappa shape index (κ1) is 13.1. The monoisotopic (exact) mass is 281 g/mol. The highest BCUT2D eigenvalue weighted by Gasteiger charge is 2.12. The number of hydrogen-bond donors (Lipinski definition) is 0. The van der Waals surface area contributed by atoms with Gasteiger partial charge in [0.15, 0.2) is 0 Å². The lowest BCUT2D eigenvalue weighted by molar-refractivity contribution is -0.384. The number of benzene rings is 1. The normalized spacial score (nSPS) is 11.3. The molecule has 0 unspecified atom stereocenters. The molecule has 1 aromatic rings. The molecule has 1 rings (SSSR count). The molecule has 0 saturated carbocycles. The maximum atomic E-state index is 10.5. The Balaban J connectivity index is 2.78. The molecular weight excluding hydrogens is 276 g/mol. The van der Waals surface area contributed by atoms with E-state index in [2.05, 4.69) is 0 Å². The third-order valence-electron chi connectivity index (χ3n) is 1.61. The van der Waals surface area contributed by atoms with E-state index in [1.54, 1.807) is 0 Å². The van der Waals surface area contributed by atoms with Crippen LogP contribution in [0.2, 0.25) is 5.02 Å². The lowest BCUT2D eigenvalue weighted by Crippen LogP contribution is -1.97. The number of nitrogens with zero attached hydrogens (tertiary/aromatic N) is 1. The number of nitro groups is 1. The van der Waals surface area contributed by atoms with Crippen LogP contribution in [0.4, 0.5) is 5.69 Å². The molecular formula is C9H6Cl3NO3. The third kappa shape index (κ3) is 3.56. The highest BCUT2D eigenvalue weighted by atomic mass is 35.5. The van der Waals surface area contributed by atoms with E-state index in [0.29, 0.717) is 10.8 Å². The molecule has 0 bridgehead atoms. The quantitative estimate of drug-likeness (QED) is 0.620. The Bertz CT molecular complexity index is 434. The Labute approximate surface area is 107 Å². The van der Waals surface area contributed by atoms with E-state index >= 15 is 0 Å². The van der Waals surface area contributed by atoms with Crippen LogP contribution in [0.25, 0.3) is 0 Å². The van der Waals surface area contributed by atoms with Crippen LogP contribution in [0.1, 0.15) is 0 Å². The summed E-state index contributed by atoms with van der Waals surface area (Å²) in [4.78, 5) is 9.91. The second kappa shape index (κ2) is 5.94. The van der Waals surface area contributed by atoms with Gasteiger partial charge < -0.3 is 4.74 Å². The fourth-order valence-electron chi connectivity index (χ4n) is 0.909. The Kier molecular flexibility index (Phi) is 4.86. The zero-order chi connectivity index (χ0) is 12.1. The summed E-state index contributed by atoms with van der Waals surface area (Å²) in [6.07, 6.45) is 0. The molecule has 0 heterocycles. The number of halogens is 3. The summed E-state index contributed by atoms with van der Waals surface area (Å²) in [5, 5.41) is 10.8. The van der Waals surface area contributed by atoms with Crippen molar-refractivity contribution < 1.29 is 9.66 Å². The molecule has 7 heteroatoms. The Morgan fingerprint density at radius 1 is 1.56 bits per heavy atom. The number of rotatable bonds is 4. The second-order valence-corrected chi connectivity index (χ2v) is 3.83. The molecule has 4 nitrogen and oxygen atoms in total. The fourth-order valence-corrected chi connectivity index (χ4v) is 1.27. The van der Waals surface area contributed by atoms with Crippen molar-refractivity contribution >= 4 is 40.5 Å². The van der Waals surface area contributed by atoms with Gasteiger partial charge in [0.1, 0.15) is 17.4 Å². The van der Waals surface area contributed by atoms with Crippen molar-refractivity contribution in [2.45, 2.75) is 0 Å². The average Bonchev–Trinajstić information content (AvgIpc) is 2.25. The smallest absolute Gasteiger partial charge is 0.288 e. The molecule has 0 aliphatic carbocycles. The number of hydrogen-bond acceptors (Lipinski definition) is 3. The summed E-state index contributed by atoms with van der Waals surface area (Å²) in [5.41, 5.74) is 1.00. The van der Waals surface area contributed by atoms with Gasteiger partial charge in [0.2, 0.25) is 0 Å². The van der Waals surface area contributed by atoms with Crippen LogP contribution in [-0.4, -0.2) is 11.5 Å². The SMILES string of the molecule is O=[N+]([O-])c1ccc(OCC(Cl)=CCl)cc1Cl. The zero-order valence-corrected chi connectivity index (χ0v) is 10.1. The molecule has 0 atom stereocenters. The van der Waals surface area contributed by atoms with Crippen molar-refractivity contribution in [1.29, 1.82) is 0 Å². The topological polar surface area (TPSA) is 52.4 Å². The van der Waals surface area contributed by atoms with Crippen LogP contribution >= 0.6 is 34.8 Å². The van der Waals surface area contributed by atoms with Crippen molar-refractivity contribution in [3.63, 3.8) is 0 Å². The Morgan fingerprint density at radius 3 is 2.75 bits per heavy atom. The number of ether oxygens (including phenoxy) is 1. The maximum Gasteiger partial charge on any atom is 0.288 e. The predicted octanol–water partition coefficient (Wildman–Crippen LogP) is 3.95. The van der Waals surface area contributed by atoms with Crippen LogP contribution in [0, 0.1) is 10.1 Å². The Hall–Kier alpha value is -0.970. The van der Waals surface area contributed by atoms with Crippen LogP contribution in [0.15, 0.2) is 28.8 Å². The van der Waals surface area contributed by atoms with Gasteiger partial charge in [-0.15, -0.1) is 0 Å². The van der Waals surface area contributed by atoms with E-state index in [4.69, 9.17) is 39.5 Å². The van der Waals surface area contributed by atoms with Crippen molar-refractivity contribution in [1.82, 2.24) is 0 Å². The highest BCUT2D eigenvalue weighted by molar-refractivity contribution is 6.36. The lowest BCUT2D eigenvalue weighted by atomic mass is 10.3. The fraction of sp³-hybridized carbons (Fsp3) is 0.111. The third-order valence-corrected chi connectivity index (χ3v) is 2.51. The van der Waals surface area contributed by atoms with E-state index in [-0.39, 0.29) is 17.3 Å². The van der Waals surface area contributed by atoms with Gasteiger partial charge in [-0.2, -0.15) is 0 Å². The van der Waals surface area contributed by atoms with E-state index in [1.807, 2.05) is 0 Å². The minimum absolute atomic E-state index is 0.00785. The maximum absolute atomic E-state index is 10.5. The first-order valence-electron chi connectivity index (χ1n) is 4.06. The molecule has 0 aromatic heterocycles. The van der Waals surface area contributed by atoms with E-state index < -0.39 is 4.92 Å². The van der Waals surface area contributed by atoms with Crippen LogP contribution in [-0.2, 0) is 0 Å². The molecule has 0 aliphatic heterocycles. The summed E-state index contributed by atoms with van der Waals surface area (Å²) in [7, 11) is 0. The van der Waals surface area contributed by atoms with Crippen molar-refractivity contribution in [2.24, 2.45) is 0 Å². The first-order valence-corrected chi connectivity index (χ1v) is 5.25. The molecule has 0 aliphatic rings. The number of nitro benzene ring substituents is 1. The molecule has 0 amide bonds. The summed E-state index contributed by atoms with van der Waals surface area (Å²) in [6, 6.07) is 4.04. The first-order chi connectivity index (χ1) is 7.54. The molecule has 16 heavy (non-hydrogen) atoms. The van der Waals surface area contributed by atoms with Crippen LogP contribution < -0.4 is 4.74 Å². The standard InChI is InChI=1S/C9H6Cl3NO3/c10-4-6(11)5-16-7-1-2-9(13(14)15)8(12)3-7/h1-4H,5H2. The van der Waals surface area contributed by atoms with Gasteiger partial charge in [0.25, 0.3) is 5.69 Å². The van der Waals surface area contributed by atoms with Gasteiger partial charge in [-0.25, -0.2) is 0 Å². The van der Waals surface area contributed by atoms with E-state index in [9.17, 15) is 10.1 Å². The summed E-state index contributed by atoms with van der Waals surface area (Å²) < 4.78 is 5.18. The van der Waals surface area contributed by atoms with Crippen molar-refractivity contribution in [3.8, 4) is 5.75 Å². The van der Waals surface area contributed by atoms with Gasteiger partial charge in [-0.05, 0) is 6.07 Å². The molecule has 1 aromatic carbocycles. The molecule has 0 saturated heterocycles. The van der Waals surface area contributed by atoms with E-state index in [0.717, 1.165) is 0 Å². The van der Waals surface area contributed by atoms with Gasteiger partial charge >= 0.3 is 0 Å². The summed E-state index contributed by atoms with van der Waals surface area (Å²) in [6.45, 7) is 0.0825. The minimum Gasteiger partial charge on any atom is -0.488 e. The van der Waals surface area contributed by atoms with Gasteiger partial charge in [0, 0.05) is 17.7 Å². The van der Waals surface area contributed by atoms with Crippen LogP contribution in [0.3, 0.4) is 0 Å². The predicted molar refractivity (Wildman–Crippen MR) is 63.4 cm³/mol. The zero-order valence-electron chi connectivity index (χ0n) is 7.82. The van der Waals surface area contributed by atoms with Crippen molar-refractivity contribution in [2.75, 3.05) is 6.61 Å². The Morgan fingerprint density at radius 2 is 2.25 bits per heavy atom. The summed E-state index contributed by atoms with van der Waals surface area (Å²) in [5.74, 6) is 0.382. The van der Waals surface area contributed by atoms with Gasteiger partial charge in [-0.1, -0.05) is 34.8 Å². The minimum atomic E-state index is -0.572. The molecule has 0 fully saturated rings. The average molecular weight is 283 g/mol. The molecule has 0 N–H and O–H groups in total. The molecule has 86 valence electrons. The lowest BCUT2D eigenvalue weighted by Gasteiger charge is -2.05.